The van der Waals surface area contributed by atoms with E-state index in [1.807, 2.05) is 0 Å². The molecule has 0 spiro atoms. The van der Waals surface area contributed by atoms with E-state index in [9.17, 15) is 0 Å². The normalized spacial score (nSPS) is 6.57. The summed E-state index contributed by atoms with van der Waals surface area (Å²) in [6.07, 6.45) is 5.08. The number of aromatic nitrogens is 2. The van der Waals surface area contributed by atoms with Crippen molar-refractivity contribution in [3.63, 3.8) is 0 Å². The first-order valence-corrected chi connectivity index (χ1v) is 1.76. The highest BCUT2D eigenvalue weighted by atomic mass is 15.0. The number of nitrogens with zero attached hydrogens (tertiary/aromatic N) is 1. The van der Waals surface area contributed by atoms with Gasteiger partial charge in [0.1, 0.15) is 0 Å². The summed E-state index contributed by atoms with van der Waals surface area (Å²) in [5, 5.41) is 0. The molecule has 4 nitrogen and oxygen atoms in total. The average molecular weight is 100 g/mol. The highest BCUT2D eigenvalue weighted by molar-refractivity contribution is 4.64. The fourth-order valence-corrected chi connectivity index (χ4v) is 0.215. The number of nitrogens with two attached hydrogens (primary N) is 2. The van der Waals surface area contributed by atoms with Crippen molar-refractivity contribution >= 4 is 0 Å². The molecule has 7 heavy (non-hydrogen) atoms. The Kier molecular flexibility index (Phi) is 4.49. The highest BCUT2D eigenvalue weighted by Gasteiger charge is 1.56. The van der Waals surface area contributed by atoms with Gasteiger partial charge in [-0.3, -0.25) is 11.7 Å². The predicted octanol–water partition coefficient (Wildman–Crippen LogP) is -0.772. The highest BCUT2D eigenvalue weighted by Crippen LogP contribution is 1.62. The van der Waals surface area contributed by atoms with E-state index in [1.54, 1.807) is 18.7 Å². The summed E-state index contributed by atoms with van der Waals surface area (Å²) >= 11 is 0. The number of H-pyrrole nitrogens is 1. The van der Waals surface area contributed by atoms with Crippen LogP contribution < -0.4 is 11.7 Å². The van der Waals surface area contributed by atoms with Gasteiger partial charge in [0.15, 0.2) is 0 Å². The van der Waals surface area contributed by atoms with Crippen molar-refractivity contribution in [1.82, 2.24) is 9.97 Å². The van der Waals surface area contributed by atoms with Crippen LogP contribution >= 0.6 is 0 Å². The first kappa shape index (κ1) is 6.13. The number of aromatic amines is 1. The molecular formula is C3H8N4. The summed E-state index contributed by atoms with van der Waals surface area (Å²) < 4.78 is 0. The van der Waals surface area contributed by atoms with E-state index in [1.165, 1.54) is 0 Å². The maximum absolute atomic E-state index is 4.00. The van der Waals surface area contributed by atoms with Gasteiger partial charge in [-0.05, 0) is 0 Å². The lowest BCUT2D eigenvalue weighted by Crippen LogP contribution is -2.02. The van der Waals surface area contributed by atoms with E-state index in [2.05, 4.69) is 21.7 Å². The number of hydrogen-bond acceptors (Lipinski definition) is 3. The second-order valence-electron chi connectivity index (χ2n) is 0.761. The second-order valence-corrected chi connectivity index (χ2v) is 0.761. The van der Waals surface area contributed by atoms with E-state index >= 15 is 0 Å². The number of rotatable bonds is 0. The minimum atomic E-state index is 1.62. The molecule has 0 saturated carbocycles. The quantitative estimate of drug-likeness (QED) is 0.296. The van der Waals surface area contributed by atoms with E-state index in [0.717, 1.165) is 0 Å². The largest absolute Gasteiger partial charge is 0.351 e. The van der Waals surface area contributed by atoms with E-state index in [-0.39, 0.29) is 0 Å². The van der Waals surface area contributed by atoms with Crippen LogP contribution in [0.5, 0.6) is 0 Å². The molecule has 0 aliphatic carbocycles. The minimum Gasteiger partial charge on any atom is -0.351 e. The summed E-state index contributed by atoms with van der Waals surface area (Å²) in [6, 6.07) is 0. The summed E-state index contributed by atoms with van der Waals surface area (Å²) in [4.78, 5) is 6.42. The van der Waals surface area contributed by atoms with Gasteiger partial charge in [-0.25, -0.2) is 4.98 Å². The standard InChI is InChI=1S/C3H4N2.H4N2/c1-2-5-3-4-1;1-2/h1-3H,(H,4,5);1-2H2. The molecule has 0 aliphatic rings. The van der Waals surface area contributed by atoms with Crippen molar-refractivity contribution < 1.29 is 0 Å². The molecule has 1 aromatic heterocycles. The number of imidazole rings is 1. The van der Waals surface area contributed by atoms with Crippen LogP contribution in [0.1, 0.15) is 0 Å². The fourth-order valence-electron chi connectivity index (χ4n) is 0.215. The molecule has 0 atom stereocenters. The lowest BCUT2D eigenvalue weighted by Gasteiger charge is -1.46. The summed E-state index contributed by atoms with van der Waals surface area (Å²) in [5.74, 6) is 8.00. The van der Waals surface area contributed by atoms with Gasteiger partial charge in [0.2, 0.25) is 0 Å². The fraction of sp³-hybridized carbons (Fsp3) is 0. The van der Waals surface area contributed by atoms with Gasteiger partial charge in [0.05, 0.1) is 6.33 Å². The summed E-state index contributed by atoms with van der Waals surface area (Å²) in [7, 11) is 0. The van der Waals surface area contributed by atoms with Crippen molar-refractivity contribution in [2.75, 3.05) is 0 Å². The van der Waals surface area contributed by atoms with Gasteiger partial charge in [0, 0.05) is 12.4 Å². The number of nitrogens with one attached hydrogen (secondary N) is 1. The minimum absolute atomic E-state index is 1.62. The van der Waals surface area contributed by atoms with E-state index < -0.39 is 0 Å². The SMILES string of the molecule is NN.c1c[nH]cn1. The van der Waals surface area contributed by atoms with Crippen molar-refractivity contribution in [2.45, 2.75) is 0 Å². The molecule has 0 radical (unpaired) electrons. The lowest BCUT2D eigenvalue weighted by atomic mass is 11.0. The molecule has 0 saturated heterocycles. The molecule has 0 bridgehead atoms. The Morgan fingerprint density at radius 2 is 2.14 bits per heavy atom. The van der Waals surface area contributed by atoms with Crippen LogP contribution in [0.4, 0.5) is 0 Å². The smallest absolute Gasteiger partial charge is 0.0919 e. The second kappa shape index (κ2) is 5.13. The van der Waals surface area contributed by atoms with Crippen LogP contribution in [0.2, 0.25) is 0 Å². The molecule has 1 aromatic rings. The van der Waals surface area contributed by atoms with Crippen LogP contribution in [-0.4, -0.2) is 9.97 Å². The van der Waals surface area contributed by atoms with Crippen LogP contribution in [0.25, 0.3) is 0 Å². The molecule has 40 valence electrons. The topological polar surface area (TPSA) is 80.7 Å². The molecule has 0 unspecified atom stereocenters. The monoisotopic (exact) mass is 100 g/mol. The Balaban J connectivity index is 0.000000162. The first-order valence-electron chi connectivity index (χ1n) is 1.76. The molecule has 1 rings (SSSR count). The lowest BCUT2D eigenvalue weighted by molar-refractivity contribution is 1.26. The third-order valence-corrected chi connectivity index (χ3v) is 0.406. The third kappa shape index (κ3) is 2.95. The molecule has 5 N–H and O–H groups in total. The molecule has 4 heteroatoms. The Hall–Kier alpha value is -0.870. The first-order chi connectivity index (χ1) is 3.50. The maximum Gasteiger partial charge on any atom is 0.0919 e. The Morgan fingerprint density at radius 3 is 2.29 bits per heavy atom. The zero-order valence-electron chi connectivity index (χ0n) is 3.83. The summed E-state index contributed by atoms with van der Waals surface area (Å²) in [6.45, 7) is 0. The van der Waals surface area contributed by atoms with Crippen LogP contribution in [-0.2, 0) is 0 Å². The molecule has 1 heterocycles. The molecule has 0 fully saturated rings. The van der Waals surface area contributed by atoms with Crippen LogP contribution in [0.15, 0.2) is 18.7 Å². The Labute approximate surface area is 41.5 Å². The van der Waals surface area contributed by atoms with Crippen LogP contribution in [0, 0.1) is 0 Å². The third-order valence-electron chi connectivity index (χ3n) is 0.406. The van der Waals surface area contributed by atoms with Crippen molar-refractivity contribution in [1.29, 1.82) is 0 Å². The molecule has 0 aromatic carbocycles. The zero-order chi connectivity index (χ0) is 5.54. The molecule has 0 aliphatic heterocycles. The van der Waals surface area contributed by atoms with Gasteiger partial charge in [-0.2, -0.15) is 0 Å². The van der Waals surface area contributed by atoms with Crippen molar-refractivity contribution in [3.8, 4) is 0 Å². The number of hydrogen-bond donors (Lipinski definition) is 3. The summed E-state index contributed by atoms with van der Waals surface area (Å²) in [5.41, 5.74) is 0. The zero-order valence-corrected chi connectivity index (χ0v) is 3.83. The molecular weight excluding hydrogens is 92.1 g/mol. The van der Waals surface area contributed by atoms with Crippen molar-refractivity contribution in [3.05, 3.63) is 18.7 Å². The average Bonchev–Trinajstić information content (AvgIpc) is 2.23. The van der Waals surface area contributed by atoms with E-state index in [4.69, 9.17) is 0 Å². The van der Waals surface area contributed by atoms with Gasteiger partial charge in [0.25, 0.3) is 0 Å². The predicted molar refractivity (Wildman–Crippen MR) is 27.0 cm³/mol. The Morgan fingerprint density at radius 1 is 1.43 bits per heavy atom. The maximum atomic E-state index is 4.00. The Bertz CT molecular complexity index is 63.4. The van der Waals surface area contributed by atoms with Crippen LogP contribution in [0.3, 0.4) is 0 Å². The van der Waals surface area contributed by atoms with Gasteiger partial charge >= 0.3 is 0 Å². The van der Waals surface area contributed by atoms with Gasteiger partial charge in [-0.1, -0.05) is 0 Å². The van der Waals surface area contributed by atoms with E-state index in [0.29, 0.717) is 0 Å². The van der Waals surface area contributed by atoms with Crippen molar-refractivity contribution in [2.24, 2.45) is 11.7 Å². The van der Waals surface area contributed by atoms with Gasteiger partial charge in [-0.15, -0.1) is 0 Å². The van der Waals surface area contributed by atoms with Gasteiger partial charge < -0.3 is 4.98 Å². The number of hydrazine groups is 1. The molecule has 0 amide bonds.